The first-order chi connectivity index (χ1) is 15.1. The first-order valence-electron chi connectivity index (χ1n) is 11.1. The van der Waals surface area contributed by atoms with Crippen LogP contribution in [0.15, 0.2) is 41.3 Å². The molecule has 0 amide bonds. The summed E-state index contributed by atoms with van der Waals surface area (Å²) < 4.78 is 1.71. The van der Waals surface area contributed by atoms with E-state index in [4.69, 9.17) is 5.73 Å². The van der Waals surface area contributed by atoms with Gasteiger partial charge in [0.15, 0.2) is 0 Å². The van der Waals surface area contributed by atoms with Crippen LogP contribution in [0.2, 0.25) is 0 Å². The molecule has 0 unspecified atom stereocenters. The van der Waals surface area contributed by atoms with E-state index in [0.29, 0.717) is 23.3 Å². The van der Waals surface area contributed by atoms with Crippen molar-refractivity contribution in [1.82, 2.24) is 24.8 Å². The van der Waals surface area contributed by atoms with E-state index in [1.807, 2.05) is 6.07 Å². The summed E-state index contributed by atoms with van der Waals surface area (Å²) in [6.07, 6.45) is 3.83. The minimum atomic E-state index is -0.110. The first-order valence-corrected chi connectivity index (χ1v) is 11.1. The summed E-state index contributed by atoms with van der Waals surface area (Å²) in [6.45, 7) is 8.58. The van der Waals surface area contributed by atoms with Gasteiger partial charge in [-0.15, -0.1) is 0 Å². The smallest absolute Gasteiger partial charge is 0.264 e. The number of unbranched alkanes of at least 4 members (excludes halogenated alkanes) is 1. The number of hydrogen-bond donors (Lipinski definition) is 3. The normalized spacial score (nSPS) is 14.7. The van der Waals surface area contributed by atoms with Crippen LogP contribution in [0.4, 0.5) is 11.8 Å². The van der Waals surface area contributed by atoms with Crippen LogP contribution in [0.25, 0.3) is 10.9 Å². The van der Waals surface area contributed by atoms with E-state index in [1.165, 1.54) is 5.56 Å². The van der Waals surface area contributed by atoms with Gasteiger partial charge in [-0.05, 0) is 23.6 Å². The molecule has 8 nitrogen and oxygen atoms in total. The lowest BCUT2D eigenvalue weighted by Crippen LogP contribution is -2.42. The average Bonchev–Trinajstić information content (AvgIpc) is 2.77. The molecule has 3 heterocycles. The molecule has 31 heavy (non-hydrogen) atoms. The molecular weight excluding hydrogens is 390 g/mol. The minimum Gasteiger partial charge on any atom is -0.369 e. The average molecular weight is 422 g/mol. The molecule has 0 atom stereocenters. The minimum absolute atomic E-state index is 0.110. The van der Waals surface area contributed by atoms with E-state index in [1.54, 1.807) is 10.8 Å². The summed E-state index contributed by atoms with van der Waals surface area (Å²) >= 11 is 0. The molecule has 2 aromatic heterocycles. The fourth-order valence-corrected chi connectivity index (χ4v) is 3.91. The van der Waals surface area contributed by atoms with Gasteiger partial charge in [-0.2, -0.15) is 4.98 Å². The molecule has 3 aromatic rings. The predicted molar refractivity (Wildman–Crippen MR) is 125 cm³/mol. The molecule has 1 aliphatic heterocycles. The summed E-state index contributed by atoms with van der Waals surface area (Å²) in [6, 6.07) is 10.4. The molecule has 4 rings (SSSR count). The molecule has 1 fully saturated rings. The Bertz CT molecular complexity index is 1070. The van der Waals surface area contributed by atoms with Crippen LogP contribution in [0, 0.1) is 0 Å². The highest BCUT2D eigenvalue weighted by molar-refractivity contribution is 5.89. The zero-order chi connectivity index (χ0) is 21.6. The third kappa shape index (κ3) is 5.21. The van der Waals surface area contributed by atoms with Crippen molar-refractivity contribution in [2.75, 3.05) is 43.8 Å². The SMILES string of the molecule is CCCCNc1nc(N)nc2ccn(Cc3ccc(CN4CCNCC4)cc3)c(=O)c12. The van der Waals surface area contributed by atoms with Crippen LogP contribution in [-0.2, 0) is 13.1 Å². The van der Waals surface area contributed by atoms with Crippen molar-refractivity contribution in [3.05, 3.63) is 58.0 Å². The number of aromatic nitrogens is 3. The quantitative estimate of drug-likeness (QED) is 0.479. The second kappa shape index (κ2) is 9.89. The van der Waals surface area contributed by atoms with Crippen molar-refractivity contribution in [3.8, 4) is 0 Å². The highest BCUT2D eigenvalue weighted by atomic mass is 16.1. The van der Waals surface area contributed by atoms with E-state index >= 15 is 0 Å². The Balaban J connectivity index is 1.54. The lowest BCUT2D eigenvalue weighted by molar-refractivity contribution is 0.233. The number of rotatable bonds is 8. The van der Waals surface area contributed by atoms with Crippen LogP contribution >= 0.6 is 0 Å². The van der Waals surface area contributed by atoms with E-state index < -0.39 is 0 Å². The van der Waals surface area contributed by atoms with Gasteiger partial charge in [0.05, 0.1) is 12.1 Å². The largest absolute Gasteiger partial charge is 0.369 e. The van der Waals surface area contributed by atoms with Crippen LogP contribution in [0.1, 0.15) is 30.9 Å². The van der Waals surface area contributed by atoms with Crippen molar-refractivity contribution in [3.63, 3.8) is 0 Å². The van der Waals surface area contributed by atoms with Crippen molar-refractivity contribution >= 4 is 22.7 Å². The van der Waals surface area contributed by atoms with Crippen molar-refractivity contribution in [2.45, 2.75) is 32.9 Å². The Morgan fingerprint density at radius 2 is 1.77 bits per heavy atom. The monoisotopic (exact) mass is 421 g/mol. The Kier molecular flexibility index (Phi) is 6.79. The van der Waals surface area contributed by atoms with Gasteiger partial charge in [-0.3, -0.25) is 9.69 Å². The van der Waals surface area contributed by atoms with Crippen molar-refractivity contribution in [1.29, 1.82) is 0 Å². The molecule has 1 saturated heterocycles. The molecule has 0 saturated carbocycles. The maximum atomic E-state index is 13.2. The zero-order valence-corrected chi connectivity index (χ0v) is 18.1. The van der Waals surface area contributed by atoms with Crippen LogP contribution in [0.3, 0.4) is 0 Å². The Morgan fingerprint density at radius 3 is 2.48 bits per heavy atom. The number of benzene rings is 1. The summed E-state index contributed by atoms with van der Waals surface area (Å²) in [5, 5.41) is 7.12. The molecule has 1 aliphatic rings. The van der Waals surface area contributed by atoms with Gasteiger partial charge in [-0.25, -0.2) is 4.98 Å². The van der Waals surface area contributed by atoms with Crippen LogP contribution in [0.5, 0.6) is 0 Å². The molecule has 0 aliphatic carbocycles. The molecule has 1 aromatic carbocycles. The van der Waals surface area contributed by atoms with Crippen molar-refractivity contribution in [2.24, 2.45) is 0 Å². The number of anilines is 2. The maximum Gasteiger partial charge on any atom is 0.264 e. The van der Waals surface area contributed by atoms with Gasteiger partial charge in [0.25, 0.3) is 5.56 Å². The highest BCUT2D eigenvalue weighted by Gasteiger charge is 2.13. The van der Waals surface area contributed by atoms with Gasteiger partial charge in [0.2, 0.25) is 5.95 Å². The second-order valence-electron chi connectivity index (χ2n) is 8.06. The number of nitrogens with two attached hydrogens (primary N) is 1. The summed E-state index contributed by atoms with van der Waals surface area (Å²) in [4.78, 5) is 24.2. The number of nitrogen functional groups attached to an aromatic ring is 1. The number of fused-ring (bicyclic) bond motifs is 1. The molecule has 8 heteroatoms. The number of pyridine rings is 1. The first kappa shape index (κ1) is 21.3. The number of nitrogens with one attached hydrogen (secondary N) is 2. The number of hydrogen-bond acceptors (Lipinski definition) is 7. The summed E-state index contributed by atoms with van der Waals surface area (Å²) in [7, 11) is 0. The van der Waals surface area contributed by atoms with E-state index in [9.17, 15) is 4.79 Å². The van der Waals surface area contributed by atoms with Gasteiger partial charge in [0, 0.05) is 45.5 Å². The van der Waals surface area contributed by atoms with E-state index in [-0.39, 0.29) is 11.5 Å². The molecule has 164 valence electrons. The standard InChI is InChI=1S/C23H31N7O/c1-2-3-9-26-21-20-19(27-23(24)28-21)8-12-30(22(20)31)16-18-6-4-17(5-7-18)15-29-13-10-25-11-14-29/h4-8,12,25H,2-3,9-11,13-16H2,1H3,(H3,24,26,27,28). The summed E-state index contributed by atoms with van der Waals surface area (Å²) in [5.74, 6) is 0.686. The predicted octanol–water partition coefficient (Wildman–Crippen LogP) is 2.04. The fraction of sp³-hybridized carbons (Fsp3) is 0.435. The molecule has 0 spiro atoms. The fourth-order valence-electron chi connectivity index (χ4n) is 3.91. The van der Waals surface area contributed by atoms with Gasteiger partial charge >= 0.3 is 0 Å². The molecule has 0 bridgehead atoms. The Morgan fingerprint density at radius 1 is 1.06 bits per heavy atom. The van der Waals surface area contributed by atoms with Gasteiger partial charge < -0.3 is 20.9 Å². The lowest BCUT2D eigenvalue weighted by atomic mass is 10.1. The third-order valence-corrected chi connectivity index (χ3v) is 5.66. The van der Waals surface area contributed by atoms with Gasteiger partial charge in [0.1, 0.15) is 11.2 Å². The Hall–Kier alpha value is -2.97. The number of piperazine rings is 1. The third-order valence-electron chi connectivity index (χ3n) is 5.66. The van der Waals surface area contributed by atoms with Crippen LogP contribution < -0.4 is 21.9 Å². The van der Waals surface area contributed by atoms with Gasteiger partial charge in [-0.1, -0.05) is 37.6 Å². The lowest BCUT2D eigenvalue weighted by Gasteiger charge is -2.27. The highest BCUT2D eigenvalue weighted by Crippen LogP contribution is 2.18. The van der Waals surface area contributed by atoms with E-state index in [2.05, 4.69) is 56.7 Å². The molecule has 4 N–H and O–H groups in total. The maximum absolute atomic E-state index is 13.2. The zero-order valence-electron chi connectivity index (χ0n) is 18.1. The summed E-state index contributed by atoms with van der Waals surface area (Å²) in [5.41, 5.74) is 8.68. The number of nitrogens with zero attached hydrogens (tertiary/aromatic N) is 4. The van der Waals surface area contributed by atoms with Crippen LogP contribution in [-0.4, -0.2) is 52.2 Å². The topological polar surface area (TPSA) is 101 Å². The second-order valence-corrected chi connectivity index (χ2v) is 8.06. The van der Waals surface area contributed by atoms with E-state index in [0.717, 1.165) is 57.7 Å². The molecular formula is C23H31N7O. The Labute approximate surface area is 182 Å². The molecule has 0 radical (unpaired) electrons. The van der Waals surface area contributed by atoms with Crippen molar-refractivity contribution < 1.29 is 0 Å².